The second-order valence-corrected chi connectivity index (χ2v) is 4.03. The summed E-state index contributed by atoms with van der Waals surface area (Å²) < 4.78 is 4.75. The summed E-state index contributed by atoms with van der Waals surface area (Å²) in [4.78, 5) is 23.2. The van der Waals surface area contributed by atoms with Crippen LogP contribution in [0.4, 0.5) is 0 Å². The van der Waals surface area contributed by atoms with E-state index in [2.05, 4.69) is 15.0 Å². The molecule has 0 bridgehead atoms. The minimum atomic E-state index is -0.383. The molecule has 3 rings (SSSR count). The van der Waals surface area contributed by atoms with Gasteiger partial charge in [0.2, 0.25) is 0 Å². The van der Waals surface area contributed by atoms with Crippen LogP contribution in [-0.2, 0) is 4.74 Å². The van der Waals surface area contributed by atoms with E-state index >= 15 is 0 Å². The van der Waals surface area contributed by atoms with E-state index in [1.165, 1.54) is 7.11 Å². The molecule has 3 heterocycles. The van der Waals surface area contributed by atoms with Crippen LogP contribution in [-0.4, -0.2) is 28.0 Å². The molecular weight excluding hydrogens is 242 g/mol. The van der Waals surface area contributed by atoms with E-state index in [0.29, 0.717) is 11.2 Å². The molecule has 3 aromatic rings. The number of aromatic amines is 1. The molecule has 5 nitrogen and oxygen atoms in total. The number of hydrogen-bond donors (Lipinski definition) is 1. The predicted molar refractivity (Wildman–Crippen MR) is 70.7 cm³/mol. The van der Waals surface area contributed by atoms with Crippen LogP contribution in [0.5, 0.6) is 0 Å². The molecule has 0 saturated heterocycles. The van der Waals surface area contributed by atoms with Gasteiger partial charge in [0.15, 0.2) is 0 Å². The molecule has 0 aromatic carbocycles. The molecule has 0 aliphatic carbocycles. The molecule has 0 atom stereocenters. The minimum Gasteiger partial charge on any atom is -0.465 e. The van der Waals surface area contributed by atoms with Crippen molar-refractivity contribution in [2.75, 3.05) is 7.11 Å². The van der Waals surface area contributed by atoms with Crippen LogP contribution in [0.15, 0.2) is 42.9 Å². The molecule has 1 N–H and O–H groups in total. The van der Waals surface area contributed by atoms with E-state index in [9.17, 15) is 4.79 Å². The Kier molecular flexibility index (Phi) is 2.72. The first-order chi connectivity index (χ1) is 9.29. The van der Waals surface area contributed by atoms with Gasteiger partial charge in [-0.1, -0.05) is 6.07 Å². The number of rotatable bonds is 2. The van der Waals surface area contributed by atoms with Crippen molar-refractivity contribution in [1.82, 2.24) is 15.0 Å². The zero-order valence-corrected chi connectivity index (χ0v) is 10.3. The third-order valence-electron chi connectivity index (χ3n) is 2.90. The molecule has 5 heteroatoms. The fourth-order valence-electron chi connectivity index (χ4n) is 1.96. The highest BCUT2D eigenvalue weighted by atomic mass is 16.5. The van der Waals surface area contributed by atoms with E-state index in [4.69, 9.17) is 4.74 Å². The molecular formula is C14H11N3O2. The highest BCUT2D eigenvalue weighted by Gasteiger charge is 2.13. The lowest BCUT2D eigenvalue weighted by atomic mass is 10.1. The van der Waals surface area contributed by atoms with Crippen molar-refractivity contribution < 1.29 is 9.53 Å². The average Bonchev–Trinajstić information content (AvgIpc) is 2.90. The molecule has 0 unspecified atom stereocenters. The van der Waals surface area contributed by atoms with Gasteiger partial charge in [0.05, 0.1) is 18.4 Å². The van der Waals surface area contributed by atoms with Gasteiger partial charge in [-0.3, -0.25) is 4.98 Å². The first kappa shape index (κ1) is 11.4. The maximum absolute atomic E-state index is 11.7. The van der Waals surface area contributed by atoms with E-state index in [0.717, 1.165) is 16.6 Å². The van der Waals surface area contributed by atoms with Crippen molar-refractivity contribution in [3.8, 4) is 11.3 Å². The summed E-state index contributed by atoms with van der Waals surface area (Å²) in [6.07, 6.45) is 5.05. The van der Waals surface area contributed by atoms with E-state index in [1.807, 2.05) is 24.3 Å². The smallest absolute Gasteiger partial charge is 0.340 e. The highest BCUT2D eigenvalue weighted by molar-refractivity contribution is 6.03. The van der Waals surface area contributed by atoms with Gasteiger partial charge < -0.3 is 9.72 Å². The Morgan fingerprint density at radius 3 is 2.95 bits per heavy atom. The van der Waals surface area contributed by atoms with Gasteiger partial charge in [-0.25, -0.2) is 9.78 Å². The summed E-state index contributed by atoms with van der Waals surface area (Å²) in [5, 5.41) is 0.731. The largest absolute Gasteiger partial charge is 0.465 e. The Morgan fingerprint density at radius 2 is 2.21 bits per heavy atom. The number of nitrogens with zero attached hydrogens (tertiary/aromatic N) is 2. The molecule has 0 spiro atoms. The van der Waals surface area contributed by atoms with Gasteiger partial charge in [-0.2, -0.15) is 0 Å². The first-order valence-electron chi connectivity index (χ1n) is 5.76. The number of nitrogens with one attached hydrogen (secondary N) is 1. The number of aromatic nitrogens is 3. The Bertz CT molecular complexity index is 735. The fourth-order valence-corrected chi connectivity index (χ4v) is 1.96. The Balaban J connectivity index is 2.17. The zero-order valence-electron chi connectivity index (χ0n) is 10.3. The minimum absolute atomic E-state index is 0.383. The number of H-pyrrole nitrogens is 1. The molecule has 0 aliphatic rings. The molecule has 3 aromatic heterocycles. The van der Waals surface area contributed by atoms with Crippen molar-refractivity contribution >= 4 is 17.0 Å². The number of fused-ring (bicyclic) bond motifs is 1. The van der Waals surface area contributed by atoms with Crippen molar-refractivity contribution in [2.45, 2.75) is 0 Å². The first-order valence-corrected chi connectivity index (χ1v) is 5.76. The average molecular weight is 253 g/mol. The zero-order chi connectivity index (χ0) is 13.2. The summed E-state index contributed by atoms with van der Waals surface area (Å²) in [7, 11) is 1.36. The van der Waals surface area contributed by atoms with Crippen LogP contribution in [0.2, 0.25) is 0 Å². The Morgan fingerprint density at radius 1 is 1.32 bits per heavy atom. The molecule has 0 amide bonds. The number of ether oxygens (including phenoxy) is 1. The normalized spacial score (nSPS) is 10.6. The summed E-state index contributed by atoms with van der Waals surface area (Å²) in [6, 6.07) is 7.54. The van der Waals surface area contributed by atoms with Gasteiger partial charge in [0.25, 0.3) is 0 Å². The lowest BCUT2D eigenvalue weighted by molar-refractivity contribution is 0.0603. The summed E-state index contributed by atoms with van der Waals surface area (Å²) in [5.41, 5.74) is 2.80. The van der Waals surface area contributed by atoms with Gasteiger partial charge in [-0.15, -0.1) is 0 Å². The van der Waals surface area contributed by atoms with Crippen LogP contribution < -0.4 is 0 Å². The van der Waals surface area contributed by atoms with Crippen molar-refractivity contribution in [3.63, 3.8) is 0 Å². The molecule has 0 radical (unpaired) electrons. The second kappa shape index (κ2) is 4.53. The molecule has 0 aliphatic heterocycles. The van der Waals surface area contributed by atoms with Gasteiger partial charge in [0.1, 0.15) is 5.65 Å². The van der Waals surface area contributed by atoms with Crippen molar-refractivity contribution in [3.05, 3.63) is 48.4 Å². The lowest BCUT2D eigenvalue weighted by Gasteiger charge is -2.01. The summed E-state index contributed by atoms with van der Waals surface area (Å²) in [6.45, 7) is 0. The van der Waals surface area contributed by atoms with Gasteiger partial charge >= 0.3 is 5.97 Å². The topological polar surface area (TPSA) is 67.9 Å². The fraction of sp³-hybridized carbons (Fsp3) is 0.0714. The maximum Gasteiger partial charge on any atom is 0.340 e. The molecule has 94 valence electrons. The monoisotopic (exact) mass is 253 g/mol. The Hall–Kier alpha value is -2.69. The lowest BCUT2D eigenvalue weighted by Crippen LogP contribution is -1.99. The van der Waals surface area contributed by atoms with Crippen molar-refractivity contribution in [1.29, 1.82) is 0 Å². The maximum atomic E-state index is 11.7. The summed E-state index contributed by atoms with van der Waals surface area (Å²) >= 11 is 0. The highest BCUT2D eigenvalue weighted by Crippen LogP contribution is 2.23. The van der Waals surface area contributed by atoms with E-state index in [1.54, 1.807) is 18.6 Å². The number of hydrogen-bond acceptors (Lipinski definition) is 4. The quantitative estimate of drug-likeness (QED) is 0.712. The van der Waals surface area contributed by atoms with E-state index < -0.39 is 0 Å². The molecule has 19 heavy (non-hydrogen) atoms. The molecule has 0 saturated carbocycles. The summed E-state index contributed by atoms with van der Waals surface area (Å²) in [5.74, 6) is -0.383. The third-order valence-corrected chi connectivity index (χ3v) is 2.90. The number of methoxy groups -OCH3 is 1. The second-order valence-electron chi connectivity index (χ2n) is 4.03. The standard InChI is InChI=1S/C14H11N3O2/c1-19-14(18)11-8-17-13-10(11)6-9(7-16-13)12-4-2-3-5-15-12/h2-8H,1H3,(H,16,17). The Labute approximate surface area is 109 Å². The van der Waals surface area contributed by atoms with Crippen molar-refractivity contribution in [2.24, 2.45) is 0 Å². The van der Waals surface area contributed by atoms with Crippen LogP contribution in [0.3, 0.4) is 0 Å². The number of esters is 1. The predicted octanol–water partition coefficient (Wildman–Crippen LogP) is 2.41. The third kappa shape index (κ3) is 1.95. The van der Waals surface area contributed by atoms with E-state index in [-0.39, 0.29) is 5.97 Å². The van der Waals surface area contributed by atoms with Crippen LogP contribution in [0.1, 0.15) is 10.4 Å². The number of carbonyl (C=O) groups excluding carboxylic acids is 1. The SMILES string of the molecule is COC(=O)c1c[nH]c2ncc(-c3ccccn3)cc12. The number of pyridine rings is 2. The van der Waals surface area contributed by atoms with Crippen LogP contribution in [0, 0.1) is 0 Å². The van der Waals surface area contributed by atoms with Gasteiger partial charge in [0, 0.05) is 29.5 Å². The number of carbonyl (C=O) groups is 1. The van der Waals surface area contributed by atoms with Crippen LogP contribution in [0.25, 0.3) is 22.3 Å². The van der Waals surface area contributed by atoms with Crippen LogP contribution >= 0.6 is 0 Å². The molecule has 0 fully saturated rings. The van der Waals surface area contributed by atoms with Gasteiger partial charge in [-0.05, 0) is 18.2 Å².